The SMILES string of the molecule is CCC1(O)CCCN(c2ncnc3c2c(C)nn3C)C1. The third-order valence-corrected chi connectivity index (χ3v) is 4.29. The Balaban J connectivity index is 2.06. The maximum atomic E-state index is 10.6. The molecule has 0 saturated carbocycles. The molecular weight excluding hydrogens is 254 g/mol. The summed E-state index contributed by atoms with van der Waals surface area (Å²) in [5.41, 5.74) is 1.17. The van der Waals surface area contributed by atoms with Crippen LogP contribution in [0.3, 0.4) is 0 Å². The van der Waals surface area contributed by atoms with Crippen LogP contribution in [0.15, 0.2) is 6.33 Å². The van der Waals surface area contributed by atoms with Crippen LogP contribution in [0.25, 0.3) is 11.0 Å². The summed E-state index contributed by atoms with van der Waals surface area (Å²) < 4.78 is 1.78. The molecule has 1 atom stereocenters. The normalized spacial score (nSPS) is 23.5. The summed E-state index contributed by atoms with van der Waals surface area (Å²) in [4.78, 5) is 10.9. The van der Waals surface area contributed by atoms with Crippen LogP contribution >= 0.6 is 0 Å². The molecule has 1 aliphatic rings. The predicted molar refractivity (Wildman–Crippen MR) is 77.7 cm³/mol. The van der Waals surface area contributed by atoms with E-state index >= 15 is 0 Å². The van der Waals surface area contributed by atoms with E-state index in [1.54, 1.807) is 11.0 Å². The largest absolute Gasteiger partial charge is 0.388 e. The molecule has 1 saturated heterocycles. The molecule has 20 heavy (non-hydrogen) atoms. The number of anilines is 1. The third kappa shape index (κ3) is 2.04. The van der Waals surface area contributed by atoms with Gasteiger partial charge in [-0.1, -0.05) is 6.92 Å². The van der Waals surface area contributed by atoms with Crippen molar-refractivity contribution in [1.82, 2.24) is 19.7 Å². The predicted octanol–water partition coefficient (Wildman–Crippen LogP) is 1.41. The van der Waals surface area contributed by atoms with Crippen molar-refractivity contribution in [1.29, 1.82) is 0 Å². The topological polar surface area (TPSA) is 67.1 Å². The van der Waals surface area contributed by atoms with Gasteiger partial charge in [0.25, 0.3) is 0 Å². The van der Waals surface area contributed by atoms with Gasteiger partial charge in [0.2, 0.25) is 0 Å². The standard InChI is InChI=1S/C14H21N5O/c1-4-14(20)6-5-7-19(8-14)13-11-10(2)17-18(3)12(11)15-9-16-13/h9,20H,4-8H2,1-3H3. The van der Waals surface area contributed by atoms with Crippen molar-refractivity contribution in [3.63, 3.8) is 0 Å². The summed E-state index contributed by atoms with van der Waals surface area (Å²) in [6.45, 7) is 5.56. The lowest BCUT2D eigenvalue weighted by atomic mass is 9.90. The van der Waals surface area contributed by atoms with Crippen molar-refractivity contribution in [3.8, 4) is 0 Å². The summed E-state index contributed by atoms with van der Waals surface area (Å²) in [5, 5.41) is 16.0. The second-order valence-corrected chi connectivity index (χ2v) is 5.71. The monoisotopic (exact) mass is 275 g/mol. The molecule has 1 N–H and O–H groups in total. The number of nitrogens with zero attached hydrogens (tertiary/aromatic N) is 5. The summed E-state index contributed by atoms with van der Waals surface area (Å²) in [7, 11) is 1.89. The molecule has 0 bridgehead atoms. The lowest BCUT2D eigenvalue weighted by Gasteiger charge is -2.39. The Kier molecular flexibility index (Phi) is 3.12. The van der Waals surface area contributed by atoms with Crippen LogP contribution in [-0.2, 0) is 7.05 Å². The molecule has 0 amide bonds. The maximum Gasteiger partial charge on any atom is 0.163 e. The number of rotatable bonds is 2. The van der Waals surface area contributed by atoms with Gasteiger partial charge in [0.15, 0.2) is 5.65 Å². The fraction of sp³-hybridized carbons (Fsp3) is 0.643. The third-order valence-electron chi connectivity index (χ3n) is 4.29. The average molecular weight is 275 g/mol. The van der Waals surface area contributed by atoms with Crippen molar-refractivity contribution in [2.45, 2.75) is 38.7 Å². The second kappa shape index (κ2) is 4.70. The Hall–Kier alpha value is -1.69. The fourth-order valence-electron chi connectivity index (χ4n) is 3.08. The molecule has 2 aromatic rings. The van der Waals surface area contributed by atoms with E-state index < -0.39 is 5.60 Å². The number of piperidine rings is 1. The van der Waals surface area contributed by atoms with Crippen LogP contribution in [0, 0.1) is 6.92 Å². The molecule has 1 unspecified atom stereocenters. The number of hydrogen-bond donors (Lipinski definition) is 1. The molecule has 6 heteroatoms. The smallest absolute Gasteiger partial charge is 0.163 e. The van der Waals surface area contributed by atoms with Crippen LogP contribution < -0.4 is 4.90 Å². The van der Waals surface area contributed by atoms with Crippen molar-refractivity contribution in [2.24, 2.45) is 7.05 Å². The number of fused-ring (bicyclic) bond motifs is 1. The van der Waals surface area contributed by atoms with Gasteiger partial charge in [-0.25, -0.2) is 9.97 Å². The Morgan fingerprint density at radius 1 is 1.40 bits per heavy atom. The fourth-order valence-corrected chi connectivity index (χ4v) is 3.08. The summed E-state index contributed by atoms with van der Waals surface area (Å²) >= 11 is 0. The molecule has 3 heterocycles. The van der Waals surface area contributed by atoms with Gasteiger partial charge in [-0.2, -0.15) is 5.10 Å². The van der Waals surface area contributed by atoms with E-state index in [-0.39, 0.29) is 0 Å². The first kappa shape index (κ1) is 13.3. The number of aromatic nitrogens is 4. The van der Waals surface area contributed by atoms with E-state index in [0.29, 0.717) is 6.54 Å². The highest BCUT2D eigenvalue weighted by Gasteiger charge is 2.33. The molecule has 0 spiro atoms. The molecule has 0 radical (unpaired) electrons. The lowest BCUT2D eigenvalue weighted by molar-refractivity contribution is 0.0222. The highest BCUT2D eigenvalue weighted by Crippen LogP contribution is 2.31. The van der Waals surface area contributed by atoms with Crippen molar-refractivity contribution in [2.75, 3.05) is 18.0 Å². The minimum atomic E-state index is -0.606. The number of aliphatic hydroxyl groups is 1. The zero-order valence-electron chi connectivity index (χ0n) is 12.3. The van der Waals surface area contributed by atoms with Gasteiger partial charge >= 0.3 is 0 Å². The molecule has 2 aromatic heterocycles. The number of β-amino-alcohol motifs (C(OH)–C–C–N with tert-alkyl or cyclic N) is 1. The van der Waals surface area contributed by atoms with E-state index in [1.807, 2.05) is 20.9 Å². The van der Waals surface area contributed by atoms with Gasteiger partial charge in [0, 0.05) is 20.1 Å². The van der Waals surface area contributed by atoms with Gasteiger partial charge in [0.1, 0.15) is 12.1 Å². The van der Waals surface area contributed by atoms with E-state index in [2.05, 4.69) is 20.0 Å². The Labute approximate surface area is 118 Å². The van der Waals surface area contributed by atoms with E-state index in [9.17, 15) is 5.11 Å². The second-order valence-electron chi connectivity index (χ2n) is 5.71. The Morgan fingerprint density at radius 2 is 2.20 bits per heavy atom. The first-order valence-electron chi connectivity index (χ1n) is 7.16. The summed E-state index contributed by atoms with van der Waals surface area (Å²) in [6.07, 6.45) is 4.19. The van der Waals surface area contributed by atoms with E-state index in [1.165, 1.54) is 0 Å². The van der Waals surface area contributed by atoms with Crippen LogP contribution in [-0.4, -0.2) is 43.5 Å². The molecule has 3 rings (SSSR count). The highest BCUT2D eigenvalue weighted by atomic mass is 16.3. The Bertz CT molecular complexity index is 638. The first-order valence-corrected chi connectivity index (χ1v) is 7.16. The Morgan fingerprint density at radius 3 is 2.95 bits per heavy atom. The van der Waals surface area contributed by atoms with Crippen LogP contribution in [0.4, 0.5) is 5.82 Å². The number of aryl methyl sites for hydroxylation is 2. The van der Waals surface area contributed by atoms with Gasteiger partial charge in [0.05, 0.1) is 16.7 Å². The van der Waals surface area contributed by atoms with Crippen LogP contribution in [0.5, 0.6) is 0 Å². The zero-order valence-corrected chi connectivity index (χ0v) is 12.3. The summed E-state index contributed by atoms with van der Waals surface area (Å²) in [5.74, 6) is 0.896. The van der Waals surface area contributed by atoms with Crippen LogP contribution in [0.1, 0.15) is 31.9 Å². The van der Waals surface area contributed by atoms with Crippen molar-refractivity contribution < 1.29 is 5.11 Å². The molecule has 108 valence electrons. The quantitative estimate of drug-likeness (QED) is 0.897. The zero-order chi connectivity index (χ0) is 14.3. The van der Waals surface area contributed by atoms with Gasteiger partial charge < -0.3 is 10.0 Å². The molecule has 1 aliphatic heterocycles. The first-order chi connectivity index (χ1) is 9.54. The minimum Gasteiger partial charge on any atom is -0.388 e. The minimum absolute atomic E-state index is 0.606. The summed E-state index contributed by atoms with van der Waals surface area (Å²) in [6, 6.07) is 0. The van der Waals surface area contributed by atoms with E-state index in [4.69, 9.17) is 0 Å². The van der Waals surface area contributed by atoms with Gasteiger partial charge in [-0.3, -0.25) is 4.68 Å². The molecular formula is C14H21N5O. The van der Waals surface area contributed by atoms with Gasteiger partial charge in [-0.05, 0) is 26.2 Å². The van der Waals surface area contributed by atoms with Crippen molar-refractivity contribution in [3.05, 3.63) is 12.0 Å². The van der Waals surface area contributed by atoms with E-state index in [0.717, 1.165) is 48.4 Å². The molecule has 1 fully saturated rings. The molecule has 0 aromatic carbocycles. The van der Waals surface area contributed by atoms with Crippen LogP contribution in [0.2, 0.25) is 0 Å². The molecule has 6 nitrogen and oxygen atoms in total. The highest BCUT2D eigenvalue weighted by molar-refractivity contribution is 5.89. The lowest BCUT2D eigenvalue weighted by Crippen LogP contribution is -2.48. The maximum absolute atomic E-state index is 10.6. The van der Waals surface area contributed by atoms with Gasteiger partial charge in [-0.15, -0.1) is 0 Å². The average Bonchev–Trinajstić information content (AvgIpc) is 2.74. The van der Waals surface area contributed by atoms with Crippen molar-refractivity contribution >= 4 is 16.9 Å². The molecule has 0 aliphatic carbocycles. The number of hydrogen-bond acceptors (Lipinski definition) is 5.